The smallest absolute Gasteiger partial charge is 0.232 e. The molecule has 2 aromatic rings. The average molecular weight is 386 g/mol. The van der Waals surface area contributed by atoms with Crippen LogP contribution in [0.3, 0.4) is 0 Å². The standard InChI is InChI=1S/C21H20ClNO4/c1-13-9-17(24)16(12-23-5-7-26-8-6-23)21-19(13)20(25)18(27-21)11-14-3-2-4-15(22)10-14/h2-4,9-11,24H,5-8,12H2,1H3/b18-11-. The Morgan fingerprint density at radius 1 is 1.26 bits per heavy atom. The summed E-state index contributed by atoms with van der Waals surface area (Å²) in [6.45, 7) is 5.20. The summed E-state index contributed by atoms with van der Waals surface area (Å²) in [6.07, 6.45) is 1.68. The topological polar surface area (TPSA) is 59.0 Å². The van der Waals surface area contributed by atoms with Gasteiger partial charge in [0.15, 0.2) is 5.76 Å². The molecule has 0 atom stereocenters. The van der Waals surface area contributed by atoms with E-state index in [1.54, 1.807) is 31.2 Å². The summed E-state index contributed by atoms with van der Waals surface area (Å²) in [5.41, 5.74) is 2.65. The highest BCUT2D eigenvalue weighted by Crippen LogP contribution is 2.42. The summed E-state index contributed by atoms with van der Waals surface area (Å²) >= 11 is 6.03. The Balaban J connectivity index is 1.71. The Morgan fingerprint density at radius 2 is 2.04 bits per heavy atom. The lowest BCUT2D eigenvalue weighted by atomic mass is 9.99. The van der Waals surface area contributed by atoms with Gasteiger partial charge in [-0.3, -0.25) is 9.69 Å². The van der Waals surface area contributed by atoms with Crippen molar-refractivity contribution in [3.05, 3.63) is 63.4 Å². The second kappa shape index (κ2) is 7.35. The molecule has 0 unspecified atom stereocenters. The molecule has 0 radical (unpaired) electrons. The number of halogens is 1. The second-order valence-corrected chi connectivity index (χ2v) is 7.22. The highest BCUT2D eigenvalue weighted by atomic mass is 35.5. The number of morpholine rings is 1. The third kappa shape index (κ3) is 3.58. The lowest BCUT2D eigenvalue weighted by molar-refractivity contribution is 0.0336. The number of phenols is 1. The van der Waals surface area contributed by atoms with Crippen LogP contribution in [0.15, 0.2) is 36.1 Å². The van der Waals surface area contributed by atoms with E-state index in [0.29, 0.717) is 47.2 Å². The van der Waals surface area contributed by atoms with Crippen molar-refractivity contribution >= 4 is 23.5 Å². The van der Waals surface area contributed by atoms with Crippen LogP contribution in [0.5, 0.6) is 11.5 Å². The van der Waals surface area contributed by atoms with Gasteiger partial charge < -0.3 is 14.6 Å². The first-order chi connectivity index (χ1) is 13.0. The van der Waals surface area contributed by atoms with Crippen LogP contribution in [0, 0.1) is 6.92 Å². The summed E-state index contributed by atoms with van der Waals surface area (Å²) in [5, 5.41) is 11.1. The minimum Gasteiger partial charge on any atom is -0.507 e. The molecule has 2 aliphatic rings. The molecule has 0 amide bonds. The zero-order chi connectivity index (χ0) is 19.0. The lowest BCUT2D eigenvalue weighted by Crippen LogP contribution is -2.35. The molecule has 5 nitrogen and oxygen atoms in total. The van der Waals surface area contributed by atoms with Crippen LogP contribution in [0.25, 0.3) is 6.08 Å². The maximum Gasteiger partial charge on any atom is 0.232 e. The third-order valence-electron chi connectivity index (χ3n) is 4.85. The molecule has 1 saturated heterocycles. The van der Waals surface area contributed by atoms with Crippen LogP contribution >= 0.6 is 11.6 Å². The van der Waals surface area contributed by atoms with Gasteiger partial charge in [0.25, 0.3) is 0 Å². The molecule has 6 heteroatoms. The number of allylic oxidation sites excluding steroid dienone is 1. The normalized spacial score (nSPS) is 18.6. The summed E-state index contributed by atoms with van der Waals surface area (Å²) in [4.78, 5) is 15.1. The highest BCUT2D eigenvalue weighted by Gasteiger charge is 2.33. The van der Waals surface area contributed by atoms with Crippen LogP contribution in [0.2, 0.25) is 5.02 Å². The van der Waals surface area contributed by atoms with Gasteiger partial charge >= 0.3 is 0 Å². The number of benzene rings is 2. The number of hydrogen-bond donors (Lipinski definition) is 1. The van der Waals surface area contributed by atoms with Crippen molar-refractivity contribution in [1.29, 1.82) is 0 Å². The number of rotatable bonds is 3. The molecule has 2 heterocycles. The van der Waals surface area contributed by atoms with E-state index >= 15 is 0 Å². The van der Waals surface area contributed by atoms with Crippen molar-refractivity contribution in [3.8, 4) is 11.5 Å². The number of nitrogens with zero attached hydrogens (tertiary/aromatic N) is 1. The highest BCUT2D eigenvalue weighted by molar-refractivity contribution is 6.30. The fourth-order valence-electron chi connectivity index (χ4n) is 3.46. The van der Waals surface area contributed by atoms with Gasteiger partial charge in [-0.05, 0) is 42.3 Å². The van der Waals surface area contributed by atoms with E-state index in [1.807, 2.05) is 12.1 Å². The number of carbonyl (C=O) groups is 1. The Hall–Kier alpha value is -2.34. The van der Waals surface area contributed by atoms with Crippen LogP contribution < -0.4 is 4.74 Å². The van der Waals surface area contributed by atoms with E-state index in [4.69, 9.17) is 21.1 Å². The quantitative estimate of drug-likeness (QED) is 0.814. The number of ketones is 1. The first kappa shape index (κ1) is 18.0. The minimum atomic E-state index is -0.175. The first-order valence-electron chi connectivity index (χ1n) is 8.88. The van der Waals surface area contributed by atoms with Crippen molar-refractivity contribution < 1.29 is 19.4 Å². The van der Waals surface area contributed by atoms with Gasteiger partial charge in [-0.2, -0.15) is 0 Å². The van der Waals surface area contributed by atoms with Gasteiger partial charge in [-0.15, -0.1) is 0 Å². The Morgan fingerprint density at radius 3 is 2.78 bits per heavy atom. The molecule has 0 aromatic heterocycles. The number of fused-ring (bicyclic) bond motifs is 1. The molecule has 2 aromatic carbocycles. The average Bonchev–Trinajstić information content (AvgIpc) is 2.96. The molecule has 0 spiro atoms. The van der Waals surface area contributed by atoms with Gasteiger partial charge in [-0.25, -0.2) is 0 Å². The molecule has 4 rings (SSSR count). The molecular weight excluding hydrogens is 366 g/mol. The van der Waals surface area contributed by atoms with E-state index < -0.39 is 0 Å². The van der Waals surface area contributed by atoms with E-state index in [1.165, 1.54) is 0 Å². The molecule has 0 aliphatic carbocycles. The summed E-state index contributed by atoms with van der Waals surface area (Å²) in [7, 11) is 0. The van der Waals surface area contributed by atoms with Crippen molar-refractivity contribution in [1.82, 2.24) is 4.90 Å². The fourth-order valence-corrected chi connectivity index (χ4v) is 3.66. The number of aryl methyl sites for hydroxylation is 1. The number of hydrogen-bond acceptors (Lipinski definition) is 5. The lowest BCUT2D eigenvalue weighted by Gasteiger charge is -2.27. The van der Waals surface area contributed by atoms with Crippen molar-refractivity contribution in [2.24, 2.45) is 0 Å². The zero-order valence-corrected chi connectivity index (χ0v) is 15.8. The number of aromatic hydroxyl groups is 1. The summed E-state index contributed by atoms with van der Waals surface area (Å²) < 4.78 is 11.3. The van der Waals surface area contributed by atoms with Gasteiger partial charge in [0.1, 0.15) is 11.5 Å². The van der Waals surface area contributed by atoms with Crippen LogP contribution in [-0.4, -0.2) is 42.1 Å². The van der Waals surface area contributed by atoms with Crippen LogP contribution in [0.1, 0.15) is 27.0 Å². The first-order valence-corrected chi connectivity index (χ1v) is 9.26. The largest absolute Gasteiger partial charge is 0.507 e. The maximum atomic E-state index is 12.9. The second-order valence-electron chi connectivity index (χ2n) is 6.78. The number of ether oxygens (including phenoxy) is 2. The number of carbonyl (C=O) groups excluding carboxylic acids is 1. The minimum absolute atomic E-state index is 0.148. The Kier molecular flexibility index (Phi) is 4.91. The van der Waals surface area contributed by atoms with Gasteiger partial charge in [-0.1, -0.05) is 23.7 Å². The van der Waals surface area contributed by atoms with Crippen molar-refractivity contribution in [2.75, 3.05) is 26.3 Å². The third-order valence-corrected chi connectivity index (χ3v) is 5.09. The summed E-state index contributed by atoms with van der Waals surface area (Å²) in [5.74, 6) is 0.668. The molecule has 27 heavy (non-hydrogen) atoms. The van der Waals surface area contributed by atoms with E-state index in [2.05, 4.69) is 4.90 Å². The van der Waals surface area contributed by atoms with Crippen LogP contribution in [-0.2, 0) is 11.3 Å². The van der Waals surface area contributed by atoms with E-state index in [-0.39, 0.29) is 17.3 Å². The Labute approximate surface area is 162 Å². The van der Waals surface area contributed by atoms with Gasteiger partial charge in [0.2, 0.25) is 5.78 Å². The van der Waals surface area contributed by atoms with E-state index in [9.17, 15) is 9.90 Å². The summed E-state index contributed by atoms with van der Waals surface area (Å²) in [6, 6.07) is 8.86. The van der Waals surface area contributed by atoms with Crippen molar-refractivity contribution in [2.45, 2.75) is 13.5 Å². The predicted octanol–water partition coefficient (Wildman–Crippen LogP) is 3.80. The zero-order valence-electron chi connectivity index (χ0n) is 15.0. The SMILES string of the molecule is Cc1cc(O)c(CN2CCOCC2)c2c1C(=O)/C(=C/c1cccc(Cl)c1)O2. The van der Waals surface area contributed by atoms with Gasteiger partial charge in [0, 0.05) is 24.7 Å². The molecule has 1 fully saturated rings. The fraction of sp³-hybridized carbons (Fsp3) is 0.286. The number of Topliss-reactive ketones (excluding diaryl/α,β-unsaturated/α-hetero) is 1. The predicted molar refractivity (Wildman–Crippen MR) is 103 cm³/mol. The number of phenolic OH excluding ortho intramolecular Hbond substituents is 1. The molecule has 1 N–H and O–H groups in total. The van der Waals surface area contributed by atoms with Crippen molar-refractivity contribution in [3.63, 3.8) is 0 Å². The molecular formula is C21H20ClNO4. The maximum absolute atomic E-state index is 12.9. The molecule has 0 bridgehead atoms. The molecule has 2 aliphatic heterocycles. The monoisotopic (exact) mass is 385 g/mol. The van der Waals surface area contributed by atoms with Crippen LogP contribution in [0.4, 0.5) is 0 Å². The van der Waals surface area contributed by atoms with Gasteiger partial charge in [0.05, 0.1) is 24.3 Å². The molecule has 0 saturated carbocycles. The molecule has 140 valence electrons. The Bertz CT molecular complexity index is 932. The van der Waals surface area contributed by atoms with E-state index in [0.717, 1.165) is 18.7 Å².